The van der Waals surface area contributed by atoms with Crippen LogP contribution in [-0.2, 0) is 4.74 Å². The molecule has 90 valence electrons. The molecule has 1 aromatic rings. The summed E-state index contributed by atoms with van der Waals surface area (Å²) in [5.41, 5.74) is 4.11. The van der Waals surface area contributed by atoms with E-state index in [1.165, 1.54) is 16.7 Å². The molecule has 2 unspecified atom stereocenters. The summed E-state index contributed by atoms with van der Waals surface area (Å²) in [5, 5.41) is 3.54. The van der Waals surface area contributed by atoms with Gasteiger partial charge in [0.2, 0.25) is 0 Å². The first kappa shape index (κ1) is 13.2. The van der Waals surface area contributed by atoms with E-state index in [-0.39, 0.29) is 0 Å². The maximum atomic E-state index is 5.13. The van der Waals surface area contributed by atoms with Crippen molar-refractivity contribution in [2.24, 2.45) is 0 Å². The van der Waals surface area contributed by atoms with E-state index in [0.29, 0.717) is 12.1 Å². The van der Waals surface area contributed by atoms with Crippen LogP contribution in [0.25, 0.3) is 0 Å². The summed E-state index contributed by atoms with van der Waals surface area (Å²) in [6.07, 6.45) is 0. The lowest BCUT2D eigenvalue weighted by Gasteiger charge is -2.22. The van der Waals surface area contributed by atoms with Gasteiger partial charge < -0.3 is 10.1 Å². The number of ether oxygens (including phenoxy) is 1. The first-order valence-electron chi connectivity index (χ1n) is 5.87. The van der Waals surface area contributed by atoms with E-state index in [9.17, 15) is 0 Å². The molecule has 0 fully saturated rings. The molecule has 1 aromatic carbocycles. The molecule has 0 radical (unpaired) electrons. The Kier molecular flexibility index (Phi) is 4.97. The van der Waals surface area contributed by atoms with E-state index in [1.54, 1.807) is 7.11 Å². The molecule has 0 amide bonds. The monoisotopic (exact) mass is 221 g/mol. The Bertz CT molecular complexity index is 336. The highest BCUT2D eigenvalue weighted by Gasteiger charge is 2.11. The highest BCUT2D eigenvalue weighted by atomic mass is 16.5. The third kappa shape index (κ3) is 3.32. The SMILES string of the molecule is COCC(C)NC(C)c1cccc(C)c1C. The van der Waals surface area contributed by atoms with Crippen LogP contribution >= 0.6 is 0 Å². The van der Waals surface area contributed by atoms with Gasteiger partial charge in [-0.2, -0.15) is 0 Å². The Morgan fingerprint density at radius 3 is 2.56 bits per heavy atom. The fraction of sp³-hybridized carbons (Fsp3) is 0.571. The minimum Gasteiger partial charge on any atom is -0.383 e. The van der Waals surface area contributed by atoms with E-state index in [2.05, 4.69) is 51.2 Å². The molecule has 0 aliphatic heterocycles. The maximum Gasteiger partial charge on any atom is 0.0613 e. The summed E-state index contributed by atoms with van der Waals surface area (Å²) in [5.74, 6) is 0. The fourth-order valence-electron chi connectivity index (χ4n) is 2.06. The predicted octanol–water partition coefficient (Wildman–Crippen LogP) is 2.99. The minimum absolute atomic E-state index is 0.366. The van der Waals surface area contributed by atoms with Crippen LogP contribution in [0, 0.1) is 13.8 Å². The standard InChI is InChI=1S/C14H23NO/c1-10-7-6-8-14(12(10)3)13(4)15-11(2)9-16-5/h6-8,11,13,15H,9H2,1-5H3. The molecular weight excluding hydrogens is 198 g/mol. The zero-order valence-corrected chi connectivity index (χ0v) is 11.0. The van der Waals surface area contributed by atoms with E-state index in [0.717, 1.165) is 6.61 Å². The van der Waals surface area contributed by atoms with Gasteiger partial charge in [-0.05, 0) is 44.4 Å². The van der Waals surface area contributed by atoms with Crippen LogP contribution in [0.1, 0.15) is 36.6 Å². The zero-order chi connectivity index (χ0) is 12.1. The van der Waals surface area contributed by atoms with E-state index in [4.69, 9.17) is 4.74 Å². The molecule has 0 aliphatic rings. The number of methoxy groups -OCH3 is 1. The molecule has 0 saturated carbocycles. The molecule has 0 aromatic heterocycles. The van der Waals surface area contributed by atoms with Crippen LogP contribution in [0.3, 0.4) is 0 Å². The smallest absolute Gasteiger partial charge is 0.0613 e. The normalized spacial score (nSPS) is 14.8. The van der Waals surface area contributed by atoms with Gasteiger partial charge in [0.1, 0.15) is 0 Å². The molecule has 1 N–H and O–H groups in total. The van der Waals surface area contributed by atoms with E-state index < -0.39 is 0 Å². The molecule has 0 saturated heterocycles. The Balaban J connectivity index is 2.72. The molecule has 2 nitrogen and oxygen atoms in total. The molecule has 0 bridgehead atoms. The summed E-state index contributed by atoms with van der Waals surface area (Å²) in [6, 6.07) is 7.21. The van der Waals surface area contributed by atoms with Crippen LogP contribution in [0.4, 0.5) is 0 Å². The summed E-state index contributed by atoms with van der Waals surface area (Å²) in [6.45, 7) is 9.43. The van der Waals surface area contributed by atoms with Crippen molar-refractivity contribution >= 4 is 0 Å². The van der Waals surface area contributed by atoms with Gasteiger partial charge in [-0.15, -0.1) is 0 Å². The Labute approximate surface area is 99.0 Å². The topological polar surface area (TPSA) is 21.3 Å². The van der Waals surface area contributed by atoms with Gasteiger partial charge >= 0.3 is 0 Å². The van der Waals surface area contributed by atoms with Gasteiger partial charge in [0.05, 0.1) is 6.61 Å². The average molecular weight is 221 g/mol. The number of aryl methyl sites for hydroxylation is 1. The van der Waals surface area contributed by atoms with Gasteiger partial charge in [0.15, 0.2) is 0 Å². The van der Waals surface area contributed by atoms with Gasteiger partial charge in [0.25, 0.3) is 0 Å². The Hall–Kier alpha value is -0.860. The number of nitrogens with one attached hydrogen (secondary N) is 1. The van der Waals surface area contributed by atoms with Crippen molar-refractivity contribution in [2.75, 3.05) is 13.7 Å². The highest BCUT2D eigenvalue weighted by Crippen LogP contribution is 2.20. The average Bonchev–Trinajstić information content (AvgIpc) is 2.22. The highest BCUT2D eigenvalue weighted by molar-refractivity contribution is 5.35. The third-order valence-electron chi connectivity index (χ3n) is 3.06. The molecule has 2 heteroatoms. The second-order valence-electron chi connectivity index (χ2n) is 4.53. The molecule has 0 heterocycles. The fourth-order valence-corrected chi connectivity index (χ4v) is 2.06. The molecule has 2 atom stereocenters. The van der Waals surface area contributed by atoms with Crippen molar-refractivity contribution in [3.8, 4) is 0 Å². The largest absolute Gasteiger partial charge is 0.383 e. The summed E-state index contributed by atoms with van der Waals surface area (Å²) >= 11 is 0. The maximum absolute atomic E-state index is 5.13. The lowest BCUT2D eigenvalue weighted by Crippen LogP contribution is -2.32. The predicted molar refractivity (Wildman–Crippen MR) is 68.8 cm³/mol. The van der Waals surface area contributed by atoms with Crippen LogP contribution in [0.2, 0.25) is 0 Å². The van der Waals surface area contributed by atoms with E-state index in [1.807, 2.05) is 0 Å². The van der Waals surface area contributed by atoms with Crippen molar-refractivity contribution in [1.29, 1.82) is 0 Å². The van der Waals surface area contributed by atoms with Crippen LogP contribution in [-0.4, -0.2) is 19.8 Å². The first-order valence-corrected chi connectivity index (χ1v) is 5.87. The summed E-state index contributed by atoms with van der Waals surface area (Å²) in [7, 11) is 1.74. The molecule has 0 aliphatic carbocycles. The Morgan fingerprint density at radius 1 is 1.25 bits per heavy atom. The van der Waals surface area contributed by atoms with E-state index >= 15 is 0 Å². The van der Waals surface area contributed by atoms with Gasteiger partial charge in [0, 0.05) is 19.2 Å². The first-order chi connectivity index (χ1) is 7.56. The quantitative estimate of drug-likeness (QED) is 0.825. The van der Waals surface area contributed by atoms with Crippen LogP contribution in [0.15, 0.2) is 18.2 Å². The second kappa shape index (κ2) is 6.02. The van der Waals surface area contributed by atoms with Gasteiger partial charge in [-0.1, -0.05) is 18.2 Å². The summed E-state index contributed by atoms with van der Waals surface area (Å²) in [4.78, 5) is 0. The molecular formula is C14H23NO. The molecule has 0 spiro atoms. The van der Waals surface area contributed by atoms with Crippen LogP contribution in [0.5, 0.6) is 0 Å². The number of hydrogen-bond acceptors (Lipinski definition) is 2. The lowest BCUT2D eigenvalue weighted by atomic mass is 9.98. The van der Waals surface area contributed by atoms with Crippen molar-refractivity contribution in [3.05, 3.63) is 34.9 Å². The van der Waals surface area contributed by atoms with Crippen molar-refractivity contribution in [3.63, 3.8) is 0 Å². The Morgan fingerprint density at radius 2 is 1.94 bits per heavy atom. The van der Waals surface area contributed by atoms with Crippen molar-refractivity contribution in [1.82, 2.24) is 5.32 Å². The lowest BCUT2D eigenvalue weighted by molar-refractivity contribution is 0.167. The summed E-state index contributed by atoms with van der Waals surface area (Å²) < 4.78 is 5.13. The van der Waals surface area contributed by atoms with Crippen molar-refractivity contribution in [2.45, 2.75) is 39.8 Å². The molecule has 1 rings (SSSR count). The number of benzene rings is 1. The zero-order valence-electron chi connectivity index (χ0n) is 11.0. The van der Waals surface area contributed by atoms with Gasteiger partial charge in [-0.25, -0.2) is 0 Å². The van der Waals surface area contributed by atoms with Crippen LogP contribution < -0.4 is 5.32 Å². The molecule has 16 heavy (non-hydrogen) atoms. The van der Waals surface area contributed by atoms with Crippen molar-refractivity contribution < 1.29 is 4.74 Å². The minimum atomic E-state index is 0.366. The third-order valence-corrected chi connectivity index (χ3v) is 3.06. The second-order valence-corrected chi connectivity index (χ2v) is 4.53. The van der Waals surface area contributed by atoms with Gasteiger partial charge in [-0.3, -0.25) is 0 Å². The number of hydrogen-bond donors (Lipinski definition) is 1. The number of rotatable bonds is 5.